The summed E-state index contributed by atoms with van der Waals surface area (Å²) in [5.41, 5.74) is 0.938. The minimum Gasteiger partial charge on any atom is -0.481 e. The van der Waals surface area contributed by atoms with Crippen molar-refractivity contribution >= 4 is 12.0 Å². The minimum atomic E-state index is -4.67. The first-order valence-electron chi connectivity index (χ1n) is 8.10. The van der Waals surface area contributed by atoms with Gasteiger partial charge in [-0.2, -0.15) is 13.2 Å². The molecule has 2 amide bonds. The molecule has 2 N–H and O–H groups in total. The Hall–Kier alpha value is -2.29. The van der Waals surface area contributed by atoms with Crippen molar-refractivity contribution < 1.29 is 32.6 Å². The standard InChI is InChI=1S/C17H21F3N2O4/c1-26-10-12(7-11-5-3-2-4-6-11)21-16(25)22-8-13(15(23)24)14(9-22)17(18,19)20/h2-6,12-14H,7-10H2,1H3,(H,21,25)(H,23,24)/t12?,13-,14-/m1/s1. The van der Waals surface area contributed by atoms with E-state index in [4.69, 9.17) is 9.84 Å². The van der Waals surface area contributed by atoms with Gasteiger partial charge in [-0.3, -0.25) is 4.79 Å². The van der Waals surface area contributed by atoms with Gasteiger partial charge in [0.15, 0.2) is 0 Å². The smallest absolute Gasteiger partial charge is 0.394 e. The van der Waals surface area contributed by atoms with Gasteiger partial charge in [-0.05, 0) is 12.0 Å². The number of hydrogen-bond acceptors (Lipinski definition) is 3. The Balaban J connectivity index is 2.03. The molecule has 0 aromatic heterocycles. The summed E-state index contributed by atoms with van der Waals surface area (Å²) in [6, 6.07) is 8.10. The zero-order valence-electron chi connectivity index (χ0n) is 14.2. The molecule has 1 aliphatic heterocycles. The van der Waals surface area contributed by atoms with Crippen LogP contribution < -0.4 is 5.32 Å². The van der Waals surface area contributed by atoms with Gasteiger partial charge in [0.1, 0.15) is 0 Å². The molecule has 144 valence electrons. The third-order valence-electron chi connectivity index (χ3n) is 4.37. The number of ether oxygens (including phenoxy) is 1. The number of rotatable bonds is 6. The van der Waals surface area contributed by atoms with E-state index in [-0.39, 0.29) is 6.61 Å². The number of nitrogens with zero attached hydrogens (tertiary/aromatic N) is 1. The summed E-state index contributed by atoms with van der Waals surface area (Å²) in [6.45, 7) is -0.965. The van der Waals surface area contributed by atoms with Crippen molar-refractivity contribution in [1.29, 1.82) is 0 Å². The van der Waals surface area contributed by atoms with Gasteiger partial charge >= 0.3 is 18.2 Å². The number of aliphatic carboxylic acids is 1. The van der Waals surface area contributed by atoms with E-state index in [0.29, 0.717) is 6.42 Å². The van der Waals surface area contributed by atoms with Gasteiger partial charge in [0.25, 0.3) is 0 Å². The van der Waals surface area contributed by atoms with E-state index in [1.165, 1.54) is 7.11 Å². The molecule has 1 aromatic rings. The van der Waals surface area contributed by atoms with Crippen LogP contribution in [0.4, 0.5) is 18.0 Å². The van der Waals surface area contributed by atoms with E-state index in [9.17, 15) is 22.8 Å². The van der Waals surface area contributed by atoms with Crippen LogP contribution in [0.3, 0.4) is 0 Å². The summed E-state index contributed by atoms with van der Waals surface area (Å²) in [4.78, 5) is 24.4. The number of carboxylic acid groups (broad SMARTS) is 1. The molecule has 1 aromatic carbocycles. The van der Waals surface area contributed by atoms with E-state index in [1.54, 1.807) is 0 Å². The molecule has 1 unspecified atom stereocenters. The molecule has 2 rings (SSSR count). The first kappa shape index (κ1) is 20.0. The molecule has 26 heavy (non-hydrogen) atoms. The summed E-state index contributed by atoms with van der Waals surface area (Å²) in [7, 11) is 1.46. The van der Waals surface area contributed by atoms with Crippen molar-refractivity contribution in [2.45, 2.75) is 18.6 Å². The molecule has 9 heteroatoms. The van der Waals surface area contributed by atoms with Crippen LogP contribution in [0.5, 0.6) is 0 Å². The third kappa shape index (κ3) is 5.10. The molecule has 0 spiro atoms. The molecule has 1 fully saturated rings. The zero-order valence-corrected chi connectivity index (χ0v) is 14.2. The summed E-state index contributed by atoms with van der Waals surface area (Å²) in [6.07, 6.45) is -4.23. The first-order valence-corrected chi connectivity index (χ1v) is 8.10. The lowest BCUT2D eigenvalue weighted by Crippen LogP contribution is -2.47. The molecule has 1 heterocycles. The van der Waals surface area contributed by atoms with Crippen LogP contribution in [0.2, 0.25) is 0 Å². The molecule has 0 aliphatic carbocycles. The molecule has 0 bridgehead atoms. The van der Waals surface area contributed by atoms with Crippen molar-refractivity contribution in [2.24, 2.45) is 11.8 Å². The average molecular weight is 374 g/mol. The number of urea groups is 1. The Labute approximate surface area is 148 Å². The van der Waals surface area contributed by atoms with Crippen molar-refractivity contribution in [2.75, 3.05) is 26.8 Å². The highest BCUT2D eigenvalue weighted by Gasteiger charge is 2.53. The summed E-state index contributed by atoms with van der Waals surface area (Å²) in [5, 5.41) is 11.7. The van der Waals surface area contributed by atoms with Crippen molar-refractivity contribution in [1.82, 2.24) is 10.2 Å². The number of likely N-dealkylation sites (tertiary alicyclic amines) is 1. The molecular formula is C17H21F3N2O4. The number of carboxylic acids is 1. The number of carbonyl (C=O) groups is 2. The first-order chi connectivity index (χ1) is 12.2. The SMILES string of the molecule is COCC(Cc1ccccc1)NC(=O)N1C[C@@H](C(F)(F)F)[C@H](C(=O)O)C1. The average Bonchev–Trinajstić information content (AvgIpc) is 3.02. The molecule has 3 atom stereocenters. The van der Waals surface area contributed by atoms with E-state index in [2.05, 4.69) is 5.32 Å². The minimum absolute atomic E-state index is 0.180. The molecule has 1 aliphatic rings. The van der Waals surface area contributed by atoms with Crippen LogP contribution in [0.25, 0.3) is 0 Å². The van der Waals surface area contributed by atoms with Crippen LogP contribution >= 0.6 is 0 Å². The van der Waals surface area contributed by atoms with Crippen molar-refractivity contribution in [3.05, 3.63) is 35.9 Å². The molecule has 0 saturated carbocycles. The topological polar surface area (TPSA) is 78.9 Å². The number of carbonyl (C=O) groups excluding carboxylic acids is 1. The van der Waals surface area contributed by atoms with Gasteiger partial charge < -0.3 is 20.1 Å². The molecule has 0 radical (unpaired) electrons. The number of benzene rings is 1. The quantitative estimate of drug-likeness (QED) is 0.800. The number of methoxy groups -OCH3 is 1. The van der Waals surface area contributed by atoms with Crippen LogP contribution in [-0.2, 0) is 16.0 Å². The predicted octanol–water partition coefficient (Wildman–Crippen LogP) is 2.15. The van der Waals surface area contributed by atoms with Crippen LogP contribution in [-0.4, -0.2) is 61.0 Å². The Morgan fingerprint density at radius 1 is 1.31 bits per heavy atom. The Bertz CT molecular complexity index is 624. The number of hydrogen-bond donors (Lipinski definition) is 2. The van der Waals surface area contributed by atoms with Crippen LogP contribution in [0.1, 0.15) is 5.56 Å². The van der Waals surface area contributed by atoms with E-state index in [1.807, 2.05) is 30.3 Å². The summed E-state index contributed by atoms with van der Waals surface area (Å²) >= 11 is 0. The fourth-order valence-electron chi connectivity index (χ4n) is 3.07. The molecule has 6 nitrogen and oxygen atoms in total. The van der Waals surface area contributed by atoms with Gasteiger partial charge in [-0.15, -0.1) is 0 Å². The number of nitrogens with one attached hydrogen (secondary N) is 1. The lowest BCUT2D eigenvalue weighted by atomic mass is 9.96. The summed E-state index contributed by atoms with van der Waals surface area (Å²) in [5.74, 6) is -5.28. The maximum absolute atomic E-state index is 13.0. The number of halogens is 3. The fraction of sp³-hybridized carbons (Fsp3) is 0.529. The van der Waals surface area contributed by atoms with Crippen molar-refractivity contribution in [3.8, 4) is 0 Å². The second-order valence-corrected chi connectivity index (χ2v) is 6.29. The van der Waals surface area contributed by atoms with E-state index < -0.39 is 49.1 Å². The summed E-state index contributed by atoms with van der Waals surface area (Å²) < 4.78 is 44.2. The highest BCUT2D eigenvalue weighted by Crippen LogP contribution is 2.37. The second-order valence-electron chi connectivity index (χ2n) is 6.29. The second kappa shape index (κ2) is 8.39. The van der Waals surface area contributed by atoms with Crippen LogP contribution in [0.15, 0.2) is 30.3 Å². The predicted molar refractivity (Wildman–Crippen MR) is 86.6 cm³/mol. The third-order valence-corrected chi connectivity index (χ3v) is 4.37. The number of amides is 2. The Kier molecular flexibility index (Phi) is 6.47. The van der Waals surface area contributed by atoms with Gasteiger partial charge in [-0.25, -0.2) is 4.79 Å². The zero-order chi connectivity index (χ0) is 19.3. The van der Waals surface area contributed by atoms with E-state index in [0.717, 1.165) is 10.5 Å². The van der Waals surface area contributed by atoms with Gasteiger partial charge in [-0.1, -0.05) is 30.3 Å². The highest BCUT2D eigenvalue weighted by molar-refractivity contribution is 5.78. The van der Waals surface area contributed by atoms with Gasteiger partial charge in [0, 0.05) is 20.2 Å². The largest absolute Gasteiger partial charge is 0.481 e. The maximum Gasteiger partial charge on any atom is 0.394 e. The monoisotopic (exact) mass is 374 g/mol. The van der Waals surface area contributed by atoms with Crippen LogP contribution in [0, 0.1) is 11.8 Å². The van der Waals surface area contributed by atoms with E-state index >= 15 is 0 Å². The molecular weight excluding hydrogens is 353 g/mol. The van der Waals surface area contributed by atoms with Gasteiger partial charge in [0.2, 0.25) is 0 Å². The Morgan fingerprint density at radius 2 is 1.96 bits per heavy atom. The van der Waals surface area contributed by atoms with Crippen molar-refractivity contribution in [3.63, 3.8) is 0 Å². The highest BCUT2D eigenvalue weighted by atomic mass is 19.4. The fourth-order valence-corrected chi connectivity index (χ4v) is 3.07. The van der Waals surface area contributed by atoms with Gasteiger partial charge in [0.05, 0.1) is 24.5 Å². The Morgan fingerprint density at radius 3 is 2.46 bits per heavy atom. The maximum atomic E-state index is 13.0. The molecule has 1 saturated heterocycles. The number of alkyl halides is 3. The lowest BCUT2D eigenvalue weighted by molar-refractivity contribution is -0.187. The normalized spacial score (nSPS) is 21.5. The lowest BCUT2D eigenvalue weighted by Gasteiger charge is -2.23.